The lowest BCUT2D eigenvalue weighted by Gasteiger charge is -2.21. The van der Waals surface area contributed by atoms with Gasteiger partial charge in [0.15, 0.2) is 0 Å². The maximum atomic E-state index is 12.6. The van der Waals surface area contributed by atoms with Gasteiger partial charge in [-0.1, -0.05) is 26.3 Å². The van der Waals surface area contributed by atoms with Gasteiger partial charge in [0.05, 0.1) is 11.5 Å². The molecule has 0 saturated carbocycles. The molecule has 1 N–H and O–H groups in total. The number of rotatable bonds is 7. The average Bonchev–Trinajstić information content (AvgIpc) is 2.39. The average molecular weight is 350 g/mol. The van der Waals surface area contributed by atoms with Crippen LogP contribution in [-0.2, 0) is 16.6 Å². The van der Waals surface area contributed by atoms with Crippen molar-refractivity contribution in [3.8, 4) is 0 Å². The van der Waals surface area contributed by atoms with E-state index in [0.717, 1.165) is 12.8 Å². The molecule has 0 fully saturated rings. The summed E-state index contributed by atoms with van der Waals surface area (Å²) in [5.74, 6) is 0. The number of aliphatic hydroxyl groups is 1. The van der Waals surface area contributed by atoms with Crippen LogP contribution in [0.4, 0.5) is 0 Å². The molecule has 19 heavy (non-hydrogen) atoms. The van der Waals surface area contributed by atoms with Gasteiger partial charge < -0.3 is 5.11 Å². The highest BCUT2D eigenvalue weighted by Gasteiger charge is 2.25. The number of aliphatic hydroxyl groups excluding tert-OH is 1. The van der Waals surface area contributed by atoms with Gasteiger partial charge in [0, 0.05) is 17.6 Å². The normalized spacial score (nSPS) is 12.1. The van der Waals surface area contributed by atoms with Gasteiger partial charge in [0.1, 0.15) is 0 Å². The lowest BCUT2D eigenvalue weighted by Crippen LogP contribution is -2.32. The Hall–Kier alpha value is -0.430. The Labute approximate surface area is 123 Å². The molecule has 0 heterocycles. The highest BCUT2D eigenvalue weighted by molar-refractivity contribution is 9.10. The van der Waals surface area contributed by atoms with Crippen molar-refractivity contribution in [2.24, 2.45) is 0 Å². The Kier molecular flexibility index (Phi) is 6.46. The Morgan fingerprint density at radius 3 is 2.53 bits per heavy atom. The fourth-order valence-corrected chi connectivity index (χ4v) is 4.23. The number of sulfonamides is 1. The predicted octanol–water partition coefficient (Wildman–Crippen LogP) is 2.75. The Bertz CT molecular complexity index is 517. The maximum absolute atomic E-state index is 12.6. The molecule has 0 aliphatic rings. The molecule has 0 aromatic heterocycles. The summed E-state index contributed by atoms with van der Waals surface area (Å²) in [4.78, 5) is 0.219. The lowest BCUT2D eigenvalue weighted by molar-refractivity contribution is 0.281. The third-order valence-corrected chi connectivity index (χ3v) is 5.88. The van der Waals surface area contributed by atoms with Crippen molar-refractivity contribution in [1.29, 1.82) is 0 Å². The quantitative estimate of drug-likeness (QED) is 0.823. The summed E-state index contributed by atoms with van der Waals surface area (Å²) in [6.45, 7) is 4.65. The first kappa shape index (κ1) is 16.6. The molecule has 6 heteroatoms. The molecule has 0 aliphatic heterocycles. The van der Waals surface area contributed by atoms with Gasteiger partial charge >= 0.3 is 0 Å². The fourth-order valence-electron chi connectivity index (χ4n) is 1.77. The van der Waals surface area contributed by atoms with Crippen LogP contribution in [-0.4, -0.2) is 30.9 Å². The molecule has 108 valence electrons. The van der Waals surface area contributed by atoms with E-state index >= 15 is 0 Å². The molecule has 4 nitrogen and oxygen atoms in total. The Balaban J connectivity index is 3.17. The van der Waals surface area contributed by atoms with Crippen molar-refractivity contribution in [3.05, 3.63) is 28.2 Å². The summed E-state index contributed by atoms with van der Waals surface area (Å²) in [7, 11) is -3.51. The summed E-state index contributed by atoms with van der Waals surface area (Å²) in [5, 5.41) is 9.13. The zero-order valence-electron chi connectivity index (χ0n) is 11.3. The largest absolute Gasteiger partial charge is 0.392 e. The minimum absolute atomic E-state index is 0.170. The van der Waals surface area contributed by atoms with Gasteiger partial charge in [0.2, 0.25) is 10.0 Å². The summed E-state index contributed by atoms with van der Waals surface area (Å²) in [6.07, 6.45) is 1.79. The van der Waals surface area contributed by atoms with E-state index in [4.69, 9.17) is 5.11 Å². The molecule has 0 atom stereocenters. The van der Waals surface area contributed by atoms with Crippen LogP contribution >= 0.6 is 15.9 Å². The topological polar surface area (TPSA) is 57.6 Å². The fraction of sp³-hybridized carbons (Fsp3) is 0.538. The molecule has 0 unspecified atom stereocenters. The Morgan fingerprint density at radius 1 is 1.32 bits per heavy atom. The molecule has 1 aromatic rings. The van der Waals surface area contributed by atoms with Gasteiger partial charge in [-0.25, -0.2) is 8.42 Å². The van der Waals surface area contributed by atoms with Crippen molar-refractivity contribution in [1.82, 2.24) is 4.31 Å². The molecule has 1 rings (SSSR count). The van der Waals surface area contributed by atoms with Gasteiger partial charge in [-0.15, -0.1) is 0 Å². The molecular weight excluding hydrogens is 330 g/mol. The van der Waals surface area contributed by atoms with Crippen LogP contribution in [0.1, 0.15) is 32.3 Å². The number of hydrogen-bond donors (Lipinski definition) is 1. The summed E-state index contributed by atoms with van der Waals surface area (Å²) >= 11 is 3.27. The van der Waals surface area contributed by atoms with E-state index < -0.39 is 10.0 Å². The monoisotopic (exact) mass is 349 g/mol. The van der Waals surface area contributed by atoms with Gasteiger partial charge in [-0.05, 0) is 40.0 Å². The molecule has 0 spiro atoms. The number of nitrogens with zero attached hydrogens (tertiary/aromatic N) is 1. The van der Waals surface area contributed by atoms with Crippen molar-refractivity contribution < 1.29 is 13.5 Å². The maximum Gasteiger partial charge on any atom is 0.244 e. The van der Waals surface area contributed by atoms with E-state index in [-0.39, 0.29) is 11.5 Å². The highest BCUT2D eigenvalue weighted by atomic mass is 79.9. The molecule has 0 saturated heterocycles. The van der Waals surface area contributed by atoms with E-state index in [2.05, 4.69) is 15.9 Å². The first-order valence-corrected chi connectivity index (χ1v) is 8.60. The second-order valence-corrected chi connectivity index (χ2v) is 7.03. The first-order chi connectivity index (χ1) is 8.97. The van der Waals surface area contributed by atoms with Crippen LogP contribution in [0.25, 0.3) is 0 Å². The van der Waals surface area contributed by atoms with E-state index in [1.807, 2.05) is 13.8 Å². The van der Waals surface area contributed by atoms with Crippen molar-refractivity contribution in [3.63, 3.8) is 0 Å². The first-order valence-electron chi connectivity index (χ1n) is 6.36. The number of unbranched alkanes of at least 4 members (excludes halogenated alkanes) is 1. The van der Waals surface area contributed by atoms with Crippen molar-refractivity contribution in [2.45, 2.75) is 38.2 Å². The lowest BCUT2D eigenvalue weighted by atomic mass is 10.2. The van der Waals surface area contributed by atoms with Crippen LogP contribution in [0, 0.1) is 0 Å². The van der Waals surface area contributed by atoms with E-state index in [9.17, 15) is 8.42 Å². The summed E-state index contributed by atoms with van der Waals surface area (Å²) < 4.78 is 27.1. The molecule has 0 amide bonds. The second-order valence-electron chi connectivity index (χ2n) is 4.27. The zero-order valence-corrected chi connectivity index (χ0v) is 13.7. The van der Waals surface area contributed by atoms with Gasteiger partial charge in [-0.2, -0.15) is 4.31 Å². The van der Waals surface area contributed by atoms with E-state index in [1.54, 1.807) is 12.1 Å². The van der Waals surface area contributed by atoms with Crippen molar-refractivity contribution in [2.75, 3.05) is 13.1 Å². The van der Waals surface area contributed by atoms with Crippen LogP contribution in [0.2, 0.25) is 0 Å². The summed E-state index contributed by atoms with van der Waals surface area (Å²) in [5.41, 5.74) is 0.591. The third kappa shape index (κ3) is 4.02. The predicted molar refractivity (Wildman–Crippen MR) is 79.4 cm³/mol. The highest BCUT2D eigenvalue weighted by Crippen LogP contribution is 2.26. The second kappa shape index (κ2) is 7.38. The van der Waals surface area contributed by atoms with Crippen LogP contribution in [0.15, 0.2) is 27.6 Å². The third-order valence-electron chi connectivity index (χ3n) is 2.91. The molecular formula is C13H20BrNO3S. The molecule has 0 bridgehead atoms. The Morgan fingerprint density at radius 2 is 2.00 bits per heavy atom. The minimum Gasteiger partial charge on any atom is -0.392 e. The number of halogens is 1. The SMILES string of the molecule is CCCCN(CC)S(=O)(=O)c1cc(CO)ccc1Br. The molecule has 1 aromatic carbocycles. The minimum atomic E-state index is -3.51. The van der Waals surface area contributed by atoms with Gasteiger partial charge in [0.25, 0.3) is 0 Å². The summed E-state index contributed by atoms with van der Waals surface area (Å²) in [6, 6.07) is 4.88. The molecule has 0 aliphatic carbocycles. The van der Waals surface area contributed by atoms with Crippen molar-refractivity contribution >= 4 is 26.0 Å². The number of hydrogen-bond acceptors (Lipinski definition) is 3. The van der Waals surface area contributed by atoms with Crippen LogP contribution in [0.3, 0.4) is 0 Å². The smallest absolute Gasteiger partial charge is 0.244 e. The molecule has 0 radical (unpaired) electrons. The van der Waals surface area contributed by atoms with Gasteiger partial charge in [-0.3, -0.25) is 0 Å². The zero-order chi connectivity index (χ0) is 14.5. The number of benzene rings is 1. The standard InChI is InChI=1S/C13H20BrNO3S/c1-3-5-8-15(4-2)19(17,18)13-9-11(10-16)6-7-12(13)14/h6-7,9,16H,3-5,8,10H2,1-2H3. The van der Waals surface area contributed by atoms with E-state index in [0.29, 0.717) is 23.1 Å². The van der Waals surface area contributed by atoms with E-state index in [1.165, 1.54) is 10.4 Å². The van der Waals surface area contributed by atoms with Crippen LogP contribution in [0.5, 0.6) is 0 Å². The van der Waals surface area contributed by atoms with Crippen LogP contribution < -0.4 is 0 Å².